The lowest BCUT2D eigenvalue weighted by molar-refractivity contribution is 0.303. The molecular formula is C64H74Cl8N8O8. The van der Waals surface area contributed by atoms with Crippen LogP contribution in [0.5, 0.6) is 46.0 Å². The summed E-state index contributed by atoms with van der Waals surface area (Å²) in [4.78, 5) is 39.6. The minimum Gasteiger partial charge on any atom is -0.491 e. The molecule has 0 atom stereocenters. The molecule has 3 aromatic heterocycles. The van der Waals surface area contributed by atoms with Gasteiger partial charge in [0.2, 0.25) is 0 Å². The monoisotopic (exact) mass is 1360 g/mol. The van der Waals surface area contributed by atoms with Gasteiger partial charge in [-0.05, 0) is 51.4 Å². The van der Waals surface area contributed by atoms with Crippen LogP contribution in [0.4, 0.5) is 0 Å². The Morgan fingerprint density at radius 1 is 0.239 bits per heavy atom. The van der Waals surface area contributed by atoms with Crippen molar-refractivity contribution in [3.63, 3.8) is 0 Å². The Morgan fingerprint density at radius 2 is 0.409 bits per heavy atom. The highest BCUT2D eigenvalue weighted by molar-refractivity contribution is 6.48. The highest BCUT2D eigenvalue weighted by atomic mass is 35.5. The molecule has 0 spiro atoms. The molecule has 0 saturated heterocycles. The SMILES string of the molecule is CCCCOc1c(Cl)c(Cl)c(OCCCC)c2c1-c1nc3nc(nc4[nH]c(nc5[nH]c(nc-2n1)c1c(OCCCC)c(Cl)c(Cl)c(OCCCC)c51)c1c(OCCCC)c(Cl)c(Cl)c(OCCCC)c41)-c1c(OCCCC)c(Cl)c(Cl)c(OCCCC)c1-3. The average molecular weight is 1370 g/mol. The highest BCUT2D eigenvalue weighted by Gasteiger charge is 2.38. The van der Waals surface area contributed by atoms with Gasteiger partial charge in [0.15, 0.2) is 69.3 Å². The van der Waals surface area contributed by atoms with Crippen LogP contribution in [-0.4, -0.2) is 92.7 Å². The molecule has 4 aromatic carbocycles. The second-order valence-corrected chi connectivity index (χ2v) is 24.4. The van der Waals surface area contributed by atoms with E-state index in [-0.39, 0.29) is 185 Å². The van der Waals surface area contributed by atoms with Gasteiger partial charge in [0.05, 0.1) is 96.7 Å². The summed E-state index contributed by atoms with van der Waals surface area (Å²) >= 11 is 59.2. The molecule has 0 radical (unpaired) electrons. The van der Waals surface area contributed by atoms with Crippen LogP contribution >= 0.6 is 92.8 Å². The van der Waals surface area contributed by atoms with Crippen molar-refractivity contribution in [2.45, 2.75) is 158 Å². The molecular weight excluding hydrogens is 1290 g/mol. The molecule has 8 bridgehead atoms. The molecule has 0 unspecified atom stereocenters. The van der Waals surface area contributed by atoms with E-state index in [0.29, 0.717) is 95.2 Å². The Bertz CT molecular complexity index is 3620. The van der Waals surface area contributed by atoms with E-state index in [4.69, 9.17) is 161 Å². The van der Waals surface area contributed by atoms with Gasteiger partial charge in [-0.15, -0.1) is 0 Å². The van der Waals surface area contributed by atoms with Crippen molar-refractivity contribution >= 4 is 137 Å². The third kappa shape index (κ3) is 13.6. The van der Waals surface area contributed by atoms with E-state index < -0.39 is 0 Å². The first kappa shape index (κ1) is 67.4. The zero-order chi connectivity index (χ0) is 62.8. The predicted molar refractivity (Wildman–Crippen MR) is 359 cm³/mol. The average Bonchev–Trinajstić information content (AvgIpc) is 1.98. The van der Waals surface area contributed by atoms with Crippen molar-refractivity contribution in [1.82, 2.24) is 39.9 Å². The van der Waals surface area contributed by atoms with Gasteiger partial charge >= 0.3 is 0 Å². The molecule has 16 nitrogen and oxygen atoms in total. The maximum Gasteiger partial charge on any atom is 0.168 e. The number of unbranched alkanes of at least 4 members (excludes halogenated alkanes) is 8. The van der Waals surface area contributed by atoms with E-state index >= 15 is 0 Å². The summed E-state index contributed by atoms with van der Waals surface area (Å²) in [7, 11) is 0. The molecule has 0 amide bonds. The van der Waals surface area contributed by atoms with E-state index in [1.165, 1.54) is 0 Å². The first-order valence-electron chi connectivity index (χ1n) is 30.8. The van der Waals surface area contributed by atoms with Crippen LogP contribution in [0.3, 0.4) is 0 Å². The number of aromatic amines is 2. The summed E-state index contributed by atoms with van der Waals surface area (Å²) in [6, 6.07) is 0. The lowest BCUT2D eigenvalue weighted by atomic mass is 10.0. The molecule has 5 heterocycles. The number of nitrogens with one attached hydrogen (secondary N) is 2. The Balaban J connectivity index is 1.62. The topological polar surface area (TPSA) is 183 Å². The zero-order valence-corrected chi connectivity index (χ0v) is 57.0. The third-order valence-corrected chi connectivity index (χ3v) is 18.0. The lowest BCUT2D eigenvalue weighted by Gasteiger charge is -2.19. The molecule has 2 aliphatic rings. The first-order valence-corrected chi connectivity index (χ1v) is 33.8. The largest absolute Gasteiger partial charge is 0.491 e. The fourth-order valence-corrected chi connectivity index (χ4v) is 11.8. The molecule has 0 saturated carbocycles. The van der Waals surface area contributed by atoms with Crippen LogP contribution in [0.2, 0.25) is 40.2 Å². The van der Waals surface area contributed by atoms with Gasteiger partial charge in [-0.3, -0.25) is 0 Å². The maximum absolute atomic E-state index is 7.41. The van der Waals surface area contributed by atoms with E-state index in [1.807, 2.05) is 0 Å². The lowest BCUT2D eigenvalue weighted by Crippen LogP contribution is -2.04. The van der Waals surface area contributed by atoms with Gasteiger partial charge in [0.25, 0.3) is 0 Å². The van der Waals surface area contributed by atoms with E-state index in [1.54, 1.807) is 0 Å². The molecule has 2 N–H and O–H groups in total. The summed E-state index contributed by atoms with van der Waals surface area (Å²) in [6.07, 6.45) is 12.0. The summed E-state index contributed by atoms with van der Waals surface area (Å²) in [6.45, 7) is 18.7. The number of nitrogens with zero attached hydrogens (tertiary/aromatic N) is 6. The molecule has 474 valence electrons. The number of rotatable bonds is 32. The van der Waals surface area contributed by atoms with Crippen molar-refractivity contribution in [3.8, 4) is 91.5 Å². The standard InChI is InChI=1S/C64H74Cl8N8O8/c1-9-17-25-81-49-33-34(50(42(66)41(49)65)82-26-18-10-2)58-73-57(33)77-59-35-36(52(84-28-20-12-4)44(68)43(67)51(35)83-27-19-11-3)61(74-59)79-63-39-40(56(88-32-24-16-8)48(72)47(71)55(39)87-31-23-15-7)64(76-63)80-62-38-37(60(75-62)78-58)53(85-29-21-13-5)45(69)46(70)54(38)86-30-22-14-6/h9-32H2,1-8H3,(H2,73,74,75,76,77,78,79,80). The van der Waals surface area contributed by atoms with Crippen LogP contribution in [0.25, 0.3) is 89.7 Å². The minimum absolute atomic E-state index is 0.0654. The van der Waals surface area contributed by atoms with Gasteiger partial charge in [-0.25, -0.2) is 29.9 Å². The van der Waals surface area contributed by atoms with Gasteiger partial charge < -0.3 is 47.9 Å². The Kier molecular flexibility index (Phi) is 24.0. The normalized spacial score (nSPS) is 11.8. The molecule has 24 heteroatoms. The van der Waals surface area contributed by atoms with Gasteiger partial charge in [-0.1, -0.05) is 200 Å². The molecule has 88 heavy (non-hydrogen) atoms. The molecule has 2 aliphatic heterocycles. The molecule has 0 aliphatic carbocycles. The Hall–Kier alpha value is -5.04. The van der Waals surface area contributed by atoms with Crippen molar-refractivity contribution in [3.05, 3.63) is 40.2 Å². The zero-order valence-electron chi connectivity index (χ0n) is 50.9. The van der Waals surface area contributed by atoms with Crippen molar-refractivity contribution < 1.29 is 37.9 Å². The second kappa shape index (κ2) is 31.3. The van der Waals surface area contributed by atoms with Crippen LogP contribution in [-0.2, 0) is 0 Å². The van der Waals surface area contributed by atoms with Crippen LogP contribution < -0.4 is 37.9 Å². The molecule has 9 rings (SSSR count). The Labute approximate surface area is 553 Å². The van der Waals surface area contributed by atoms with E-state index in [0.717, 1.165) is 51.4 Å². The summed E-state index contributed by atoms with van der Waals surface area (Å²) in [5, 5.41) is 2.20. The molecule has 7 aromatic rings. The fraction of sp³-hybridized carbons (Fsp3) is 0.500. The number of hydrogen-bond acceptors (Lipinski definition) is 14. The van der Waals surface area contributed by atoms with Crippen LogP contribution in [0.1, 0.15) is 158 Å². The van der Waals surface area contributed by atoms with Crippen molar-refractivity contribution in [2.24, 2.45) is 0 Å². The predicted octanol–water partition coefficient (Wildman–Crippen LogP) is 21.5. The number of hydrogen-bond donors (Lipinski definition) is 2. The number of halogens is 8. The number of ether oxygens (including phenoxy) is 8. The third-order valence-electron chi connectivity index (χ3n) is 14.7. The number of fused-ring (bicyclic) bond motifs is 20. The quantitative estimate of drug-likeness (QED) is 0.0380. The summed E-state index contributed by atoms with van der Waals surface area (Å²) in [5.41, 5.74) is 2.07. The number of H-pyrrole nitrogens is 2. The van der Waals surface area contributed by atoms with Gasteiger partial charge in [0, 0.05) is 0 Å². The highest BCUT2D eigenvalue weighted by Crippen LogP contribution is 2.59. The number of benzene rings is 4. The van der Waals surface area contributed by atoms with E-state index in [9.17, 15) is 0 Å². The van der Waals surface area contributed by atoms with Crippen LogP contribution in [0.15, 0.2) is 0 Å². The molecule has 0 fully saturated rings. The van der Waals surface area contributed by atoms with Crippen LogP contribution in [0, 0.1) is 0 Å². The van der Waals surface area contributed by atoms with Crippen molar-refractivity contribution in [1.29, 1.82) is 0 Å². The Morgan fingerprint density at radius 3 is 0.614 bits per heavy atom. The first-order chi connectivity index (χ1) is 42.7. The summed E-state index contributed by atoms with van der Waals surface area (Å²) < 4.78 is 53.5. The second-order valence-electron chi connectivity index (χ2n) is 21.4. The maximum atomic E-state index is 7.41. The number of aromatic nitrogens is 8. The van der Waals surface area contributed by atoms with Crippen molar-refractivity contribution in [2.75, 3.05) is 52.9 Å². The van der Waals surface area contributed by atoms with Gasteiger partial charge in [0.1, 0.15) is 62.8 Å². The summed E-state index contributed by atoms with van der Waals surface area (Å²) in [5.74, 6) is 1.96. The van der Waals surface area contributed by atoms with Gasteiger partial charge in [-0.2, -0.15) is 0 Å². The smallest absolute Gasteiger partial charge is 0.168 e. The fourth-order valence-electron chi connectivity index (χ4n) is 9.96. The van der Waals surface area contributed by atoms with E-state index in [2.05, 4.69) is 65.4 Å². The minimum atomic E-state index is 0.0654.